The third-order valence-corrected chi connectivity index (χ3v) is 4.58. The molecule has 1 fully saturated rings. The average Bonchev–Trinajstić information content (AvgIpc) is 2.54. The van der Waals surface area contributed by atoms with Gasteiger partial charge in [-0.3, -0.25) is 9.59 Å². The molecule has 1 aliphatic carbocycles. The van der Waals surface area contributed by atoms with Gasteiger partial charge in [0.25, 0.3) is 0 Å². The summed E-state index contributed by atoms with van der Waals surface area (Å²) in [4.78, 5) is 24.8. The predicted octanol–water partition coefficient (Wildman–Crippen LogP) is 1.21. The normalized spacial score (nSPS) is 22.4. The van der Waals surface area contributed by atoms with Crippen LogP contribution in [0.2, 0.25) is 0 Å². The number of nitrogens with one attached hydrogen (secondary N) is 1. The predicted molar refractivity (Wildman–Crippen MR) is 89.9 cm³/mol. The van der Waals surface area contributed by atoms with E-state index in [9.17, 15) is 14.0 Å². The van der Waals surface area contributed by atoms with Gasteiger partial charge in [-0.15, -0.1) is 0 Å². The van der Waals surface area contributed by atoms with Crippen molar-refractivity contribution in [2.24, 2.45) is 11.8 Å². The van der Waals surface area contributed by atoms with Crippen molar-refractivity contribution in [1.82, 2.24) is 5.32 Å². The third-order valence-electron chi connectivity index (χ3n) is 4.58. The highest BCUT2D eigenvalue weighted by molar-refractivity contribution is 5.89. The maximum Gasteiger partial charge on any atom is 0.311 e. The summed E-state index contributed by atoms with van der Waals surface area (Å²) >= 11 is 0. The van der Waals surface area contributed by atoms with Crippen molar-refractivity contribution in [3.63, 3.8) is 0 Å². The molecule has 0 bridgehead atoms. The van der Waals surface area contributed by atoms with Crippen molar-refractivity contribution in [2.45, 2.75) is 6.42 Å². The number of rotatable bonds is 6. The summed E-state index contributed by atoms with van der Waals surface area (Å²) in [6.45, 7) is 2.88. The summed E-state index contributed by atoms with van der Waals surface area (Å²) in [5.74, 6) is -2.94. The number of carbonyl (C=O) groups excluding carboxylic acids is 1. The van der Waals surface area contributed by atoms with Gasteiger partial charge >= 0.3 is 5.97 Å². The number of carboxylic acids is 1. The van der Waals surface area contributed by atoms with Gasteiger partial charge in [0.05, 0.1) is 30.7 Å². The second-order valence-corrected chi connectivity index (χ2v) is 6.20. The minimum Gasteiger partial charge on any atom is -0.481 e. The van der Waals surface area contributed by atoms with Crippen LogP contribution >= 0.6 is 0 Å². The minimum absolute atomic E-state index is 0.279. The lowest BCUT2D eigenvalue weighted by molar-refractivity contribution is -0.145. The lowest BCUT2D eigenvalue weighted by Crippen LogP contribution is -2.40. The fraction of sp³-hybridized carbons (Fsp3) is 0.444. The number of hydrogen-bond acceptors (Lipinski definition) is 4. The molecular weight excluding hydrogens is 327 g/mol. The van der Waals surface area contributed by atoms with Gasteiger partial charge in [-0.05, 0) is 24.1 Å². The SMILES string of the molecule is O=C(NCCc1ccc(N2CCOCC2)c(F)c1)[C@H]1C=C[C@H]1C(=O)O. The van der Waals surface area contributed by atoms with E-state index in [2.05, 4.69) is 5.32 Å². The molecule has 7 heteroatoms. The summed E-state index contributed by atoms with van der Waals surface area (Å²) in [5, 5.41) is 11.6. The number of benzene rings is 1. The van der Waals surface area contributed by atoms with Crippen LogP contribution in [0.1, 0.15) is 5.56 Å². The van der Waals surface area contributed by atoms with Crippen molar-refractivity contribution in [2.75, 3.05) is 37.7 Å². The van der Waals surface area contributed by atoms with E-state index < -0.39 is 17.8 Å². The molecule has 1 heterocycles. The second kappa shape index (κ2) is 7.65. The molecular formula is C18H21FN2O4. The summed E-state index contributed by atoms with van der Waals surface area (Å²) in [6, 6.07) is 5.09. The number of carboxylic acid groups (broad SMARTS) is 1. The molecule has 134 valence electrons. The van der Waals surface area contributed by atoms with Gasteiger partial charge in [-0.25, -0.2) is 4.39 Å². The molecule has 1 amide bonds. The molecule has 0 saturated carbocycles. The largest absolute Gasteiger partial charge is 0.481 e. The first-order valence-corrected chi connectivity index (χ1v) is 8.36. The van der Waals surface area contributed by atoms with E-state index in [0.717, 1.165) is 5.56 Å². The van der Waals surface area contributed by atoms with Crippen molar-refractivity contribution in [1.29, 1.82) is 0 Å². The zero-order valence-electron chi connectivity index (χ0n) is 13.8. The average molecular weight is 348 g/mol. The Hall–Kier alpha value is -2.41. The number of halogens is 1. The van der Waals surface area contributed by atoms with E-state index >= 15 is 0 Å². The van der Waals surface area contributed by atoms with Gasteiger partial charge < -0.3 is 20.1 Å². The Morgan fingerprint density at radius 3 is 2.56 bits per heavy atom. The number of carbonyl (C=O) groups is 2. The Morgan fingerprint density at radius 2 is 1.96 bits per heavy atom. The van der Waals surface area contributed by atoms with Crippen LogP contribution in [-0.2, 0) is 20.7 Å². The van der Waals surface area contributed by atoms with Crippen molar-refractivity contribution >= 4 is 17.6 Å². The molecule has 1 aromatic carbocycles. The first-order valence-electron chi connectivity index (χ1n) is 8.36. The molecule has 3 rings (SSSR count). The maximum absolute atomic E-state index is 14.3. The third kappa shape index (κ3) is 3.99. The van der Waals surface area contributed by atoms with Crippen LogP contribution < -0.4 is 10.2 Å². The highest BCUT2D eigenvalue weighted by Crippen LogP contribution is 2.26. The minimum atomic E-state index is -0.997. The number of anilines is 1. The van der Waals surface area contributed by atoms with Gasteiger partial charge in [-0.1, -0.05) is 18.2 Å². The fourth-order valence-corrected chi connectivity index (χ4v) is 3.03. The zero-order valence-corrected chi connectivity index (χ0v) is 13.8. The van der Waals surface area contributed by atoms with Crippen LogP contribution in [0.3, 0.4) is 0 Å². The standard InChI is InChI=1S/C18H21FN2O4/c19-15-11-12(1-4-16(15)21-7-9-25-10-8-21)5-6-20-17(22)13-2-3-14(13)18(23)24/h1-4,11,13-14H,5-10H2,(H,20,22)(H,23,24)/t13-,14+/m0/s1. The van der Waals surface area contributed by atoms with Crippen LogP contribution in [0.4, 0.5) is 10.1 Å². The molecule has 1 aliphatic heterocycles. The molecule has 0 radical (unpaired) electrons. The quantitative estimate of drug-likeness (QED) is 0.756. The molecule has 0 aromatic heterocycles. The molecule has 2 N–H and O–H groups in total. The van der Waals surface area contributed by atoms with Crippen LogP contribution in [0.15, 0.2) is 30.4 Å². The topological polar surface area (TPSA) is 78.9 Å². The Kier molecular flexibility index (Phi) is 5.33. The molecule has 6 nitrogen and oxygen atoms in total. The van der Waals surface area contributed by atoms with Gasteiger partial charge in [0.1, 0.15) is 5.82 Å². The number of hydrogen-bond donors (Lipinski definition) is 2. The second-order valence-electron chi connectivity index (χ2n) is 6.20. The number of amides is 1. The van der Waals surface area contributed by atoms with E-state index in [-0.39, 0.29) is 11.7 Å². The van der Waals surface area contributed by atoms with Gasteiger partial charge in [0, 0.05) is 19.6 Å². The smallest absolute Gasteiger partial charge is 0.311 e. The number of aliphatic carboxylic acids is 1. The van der Waals surface area contributed by atoms with Crippen LogP contribution in [-0.4, -0.2) is 49.8 Å². The van der Waals surface area contributed by atoms with Gasteiger partial charge in [0.2, 0.25) is 5.91 Å². The Morgan fingerprint density at radius 1 is 1.24 bits per heavy atom. The molecule has 1 saturated heterocycles. The lowest BCUT2D eigenvalue weighted by atomic mass is 9.81. The molecule has 2 aliphatic rings. The summed E-state index contributed by atoms with van der Waals surface area (Å²) in [6.07, 6.45) is 3.58. The maximum atomic E-state index is 14.3. The highest BCUT2D eigenvalue weighted by atomic mass is 19.1. The van der Waals surface area contributed by atoms with E-state index in [1.54, 1.807) is 12.1 Å². The van der Waals surface area contributed by atoms with Crippen molar-refractivity contribution < 1.29 is 23.8 Å². The first-order chi connectivity index (χ1) is 12.1. The monoisotopic (exact) mass is 348 g/mol. The zero-order chi connectivity index (χ0) is 17.8. The number of morpholine rings is 1. The lowest BCUT2D eigenvalue weighted by Gasteiger charge is -2.29. The molecule has 0 unspecified atom stereocenters. The van der Waals surface area contributed by atoms with E-state index in [1.165, 1.54) is 12.1 Å². The Labute approximate surface area is 145 Å². The van der Waals surface area contributed by atoms with Gasteiger partial charge in [-0.2, -0.15) is 0 Å². The summed E-state index contributed by atoms with van der Waals surface area (Å²) in [7, 11) is 0. The van der Waals surface area contributed by atoms with Crippen LogP contribution in [0.5, 0.6) is 0 Å². The van der Waals surface area contributed by atoms with E-state index in [0.29, 0.717) is 45.0 Å². The molecule has 1 aromatic rings. The first kappa shape index (κ1) is 17.4. The van der Waals surface area contributed by atoms with Gasteiger partial charge in [0.15, 0.2) is 0 Å². The Balaban J connectivity index is 1.50. The number of nitrogens with zero attached hydrogens (tertiary/aromatic N) is 1. The summed E-state index contributed by atoms with van der Waals surface area (Å²) < 4.78 is 19.6. The highest BCUT2D eigenvalue weighted by Gasteiger charge is 2.35. The van der Waals surface area contributed by atoms with Crippen LogP contribution in [0, 0.1) is 17.7 Å². The van der Waals surface area contributed by atoms with E-state index in [1.807, 2.05) is 11.0 Å². The summed E-state index contributed by atoms with van der Waals surface area (Å²) in [5.41, 5.74) is 1.36. The van der Waals surface area contributed by atoms with Crippen molar-refractivity contribution in [3.05, 3.63) is 41.7 Å². The van der Waals surface area contributed by atoms with E-state index in [4.69, 9.17) is 9.84 Å². The number of ether oxygens (including phenoxy) is 1. The molecule has 2 atom stereocenters. The van der Waals surface area contributed by atoms with Crippen LogP contribution in [0.25, 0.3) is 0 Å². The van der Waals surface area contributed by atoms with Crippen molar-refractivity contribution in [3.8, 4) is 0 Å². The molecule has 0 spiro atoms. The Bertz CT molecular complexity index is 686. The fourth-order valence-electron chi connectivity index (χ4n) is 3.03. The molecule has 25 heavy (non-hydrogen) atoms.